The molecule has 0 saturated carbocycles. The molecule has 1 amide bonds. The summed E-state index contributed by atoms with van der Waals surface area (Å²) in [6.45, 7) is -0.169. The molecule has 0 aromatic heterocycles. The second-order valence-corrected chi connectivity index (χ2v) is 8.06. The molecule has 1 aliphatic rings. The van der Waals surface area contributed by atoms with Crippen molar-refractivity contribution in [1.82, 2.24) is 4.90 Å². The molecule has 0 aliphatic carbocycles. The molecule has 1 heterocycles. The van der Waals surface area contributed by atoms with E-state index in [2.05, 4.69) is 0 Å². The van der Waals surface area contributed by atoms with E-state index in [0.29, 0.717) is 17.9 Å². The molecular formula is C27H29NO5. The third-order valence-corrected chi connectivity index (χ3v) is 6.25. The van der Waals surface area contributed by atoms with Gasteiger partial charge < -0.3 is 24.2 Å². The molecule has 0 spiro atoms. The number of amides is 1. The highest BCUT2D eigenvalue weighted by Crippen LogP contribution is 2.43. The number of methoxy groups -OCH3 is 3. The summed E-state index contributed by atoms with van der Waals surface area (Å²) in [5.74, 6) is 1.96. The number of hydrogen-bond acceptors (Lipinski definition) is 5. The number of nitrogens with zero attached hydrogens (tertiary/aromatic N) is 1. The van der Waals surface area contributed by atoms with Crippen LogP contribution < -0.4 is 14.2 Å². The van der Waals surface area contributed by atoms with Crippen LogP contribution in [0.2, 0.25) is 0 Å². The maximum atomic E-state index is 13.5. The van der Waals surface area contributed by atoms with Gasteiger partial charge in [0.1, 0.15) is 5.75 Å². The molecule has 3 aromatic carbocycles. The zero-order chi connectivity index (χ0) is 23.4. The topological polar surface area (TPSA) is 68.2 Å². The minimum Gasteiger partial charge on any atom is -0.497 e. The summed E-state index contributed by atoms with van der Waals surface area (Å²) in [6, 6.07) is 20.6. The fraction of sp³-hybridized carbons (Fsp3) is 0.296. The summed E-state index contributed by atoms with van der Waals surface area (Å²) < 4.78 is 16.3. The molecular weight excluding hydrogens is 418 g/mol. The number of hydrogen-bond donors (Lipinski definition) is 1. The molecule has 0 fully saturated rings. The quantitative estimate of drug-likeness (QED) is 0.563. The maximum Gasteiger partial charge on any atom is 0.228 e. The van der Waals surface area contributed by atoms with Crippen LogP contribution >= 0.6 is 0 Å². The molecule has 6 heteroatoms. The van der Waals surface area contributed by atoms with Gasteiger partial charge in [0, 0.05) is 0 Å². The van der Waals surface area contributed by atoms with E-state index in [9.17, 15) is 9.90 Å². The monoisotopic (exact) mass is 447 g/mol. The number of aliphatic hydroxyl groups is 1. The molecule has 0 saturated heterocycles. The lowest BCUT2D eigenvalue weighted by atomic mass is 9.86. The number of benzene rings is 3. The largest absolute Gasteiger partial charge is 0.497 e. The van der Waals surface area contributed by atoms with Crippen molar-refractivity contribution in [2.45, 2.75) is 24.9 Å². The molecule has 6 nitrogen and oxygen atoms in total. The van der Waals surface area contributed by atoms with Crippen LogP contribution in [0.1, 0.15) is 34.3 Å². The smallest absolute Gasteiger partial charge is 0.228 e. The van der Waals surface area contributed by atoms with E-state index in [1.54, 1.807) is 21.3 Å². The minimum absolute atomic E-state index is 0.0314. The number of aliphatic hydroxyl groups excluding tert-OH is 1. The third kappa shape index (κ3) is 4.52. The first kappa shape index (κ1) is 22.7. The Balaban J connectivity index is 1.82. The summed E-state index contributed by atoms with van der Waals surface area (Å²) >= 11 is 0. The zero-order valence-electron chi connectivity index (χ0n) is 19.2. The van der Waals surface area contributed by atoms with Crippen molar-refractivity contribution < 1.29 is 24.1 Å². The van der Waals surface area contributed by atoms with Crippen molar-refractivity contribution in [1.29, 1.82) is 0 Å². The van der Waals surface area contributed by atoms with E-state index >= 15 is 0 Å². The highest BCUT2D eigenvalue weighted by atomic mass is 16.5. The van der Waals surface area contributed by atoms with E-state index < -0.39 is 6.04 Å². The average molecular weight is 448 g/mol. The number of carbonyl (C=O) groups is 1. The third-order valence-electron chi connectivity index (χ3n) is 6.25. The number of ether oxygens (including phenoxy) is 3. The predicted octanol–water partition coefficient (Wildman–Crippen LogP) is 4.11. The van der Waals surface area contributed by atoms with Crippen molar-refractivity contribution >= 4 is 5.91 Å². The van der Waals surface area contributed by atoms with Gasteiger partial charge in [-0.05, 0) is 52.9 Å². The highest BCUT2D eigenvalue weighted by molar-refractivity contribution is 5.83. The summed E-state index contributed by atoms with van der Waals surface area (Å²) in [6.07, 6.45) is 0.819. The number of rotatable bonds is 8. The molecule has 1 aliphatic heterocycles. The summed E-state index contributed by atoms with van der Waals surface area (Å²) in [7, 11) is 4.83. The summed E-state index contributed by atoms with van der Waals surface area (Å²) in [5, 5.41) is 10.4. The Morgan fingerprint density at radius 2 is 1.61 bits per heavy atom. The van der Waals surface area contributed by atoms with Crippen molar-refractivity contribution in [2.75, 3.05) is 27.9 Å². The Morgan fingerprint density at radius 1 is 0.939 bits per heavy atom. The summed E-state index contributed by atoms with van der Waals surface area (Å²) in [5.41, 5.74) is 3.87. The van der Waals surface area contributed by atoms with E-state index in [1.807, 2.05) is 71.6 Å². The van der Waals surface area contributed by atoms with E-state index in [4.69, 9.17) is 14.2 Å². The van der Waals surface area contributed by atoms with Gasteiger partial charge in [0.2, 0.25) is 5.91 Å². The lowest BCUT2D eigenvalue weighted by Gasteiger charge is -2.42. The summed E-state index contributed by atoms with van der Waals surface area (Å²) in [4.78, 5) is 15.3. The normalized spacial score (nSPS) is 16.2. The van der Waals surface area contributed by atoms with Gasteiger partial charge in [0.15, 0.2) is 11.5 Å². The fourth-order valence-electron chi connectivity index (χ4n) is 4.59. The van der Waals surface area contributed by atoms with Crippen LogP contribution in [0.5, 0.6) is 17.2 Å². The van der Waals surface area contributed by atoms with Crippen molar-refractivity contribution in [3.8, 4) is 17.2 Å². The lowest BCUT2D eigenvalue weighted by Crippen LogP contribution is -2.44. The van der Waals surface area contributed by atoms with Crippen LogP contribution in [0.4, 0.5) is 0 Å². The van der Waals surface area contributed by atoms with Crippen LogP contribution in [0.15, 0.2) is 66.7 Å². The Hall–Kier alpha value is -3.51. The van der Waals surface area contributed by atoms with Crippen molar-refractivity contribution in [3.05, 3.63) is 89.0 Å². The molecule has 0 radical (unpaired) electrons. The highest BCUT2D eigenvalue weighted by Gasteiger charge is 2.38. The maximum absolute atomic E-state index is 13.5. The second kappa shape index (κ2) is 9.96. The minimum atomic E-state index is -0.455. The van der Waals surface area contributed by atoms with Crippen LogP contribution in [0.3, 0.4) is 0 Å². The van der Waals surface area contributed by atoms with Crippen LogP contribution in [0, 0.1) is 0 Å². The predicted molar refractivity (Wildman–Crippen MR) is 126 cm³/mol. The molecule has 0 unspecified atom stereocenters. The van der Waals surface area contributed by atoms with Crippen molar-refractivity contribution in [3.63, 3.8) is 0 Å². The standard InChI is InChI=1S/C27H29NO5/c1-31-21-11-9-18(10-12-21)13-23-22-16-26(33-3)25(32-2)14-20(22)15-27(30)28(23)24(17-29)19-7-5-4-6-8-19/h4-12,14,16,23-24,29H,13,15,17H2,1-3H3/t23-,24-/m0/s1. The zero-order valence-corrected chi connectivity index (χ0v) is 19.2. The average Bonchev–Trinajstić information content (AvgIpc) is 2.86. The Kier molecular flexibility index (Phi) is 6.84. The molecule has 1 N–H and O–H groups in total. The van der Waals surface area contributed by atoms with Gasteiger partial charge in [0.05, 0.1) is 46.4 Å². The van der Waals surface area contributed by atoms with Gasteiger partial charge in [0.25, 0.3) is 0 Å². The van der Waals surface area contributed by atoms with Crippen LogP contribution in [0.25, 0.3) is 0 Å². The number of fused-ring (bicyclic) bond motifs is 1. The van der Waals surface area contributed by atoms with E-state index in [-0.39, 0.29) is 25.0 Å². The van der Waals surface area contributed by atoms with Gasteiger partial charge in [-0.2, -0.15) is 0 Å². The molecule has 3 aromatic rings. The molecule has 172 valence electrons. The first-order valence-electron chi connectivity index (χ1n) is 10.9. The Morgan fingerprint density at radius 3 is 2.21 bits per heavy atom. The molecule has 33 heavy (non-hydrogen) atoms. The van der Waals surface area contributed by atoms with Gasteiger partial charge >= 0.3 is 0 Å². The lowest BCUT2D eigenvalue weighted by molar-refractivity contribution is -0.138. The molecule has 2 atom stereocenters. The van der Waals surface area contributed by atoms with Gasteiger partial charge in [-0.25, -0.2) is 0 Å². The second-order valence-electron chi connectivity index (χ2n) is 8.06. The Labute approximate surface area is 194 Å². The van der Waals surface area contributed by atoms with Gasteiger partial charge in [-0.3, -0.25) is 4.79 Å². The fourth-order valence-corrected chi connectivity index (χ4v) is 4.59. The van der Waals surface area contributed by atoms with Gasteiger partial charge in [-0.15, -0.1) is 0 Å². The first-order chi connectivity index (χ1) is 16.1. The molecule has 0 bridgehead atoms. The van der Waals surface area contributed by atoms with Crippen molar-refractivity contribution in [2.24, 2.45) is 0 Å². The SMILES string of the molecule is COc1ccc(C[C@H]2c3cc(OC)c(OC)cc3CC(=O)N2[C@@H](CO)c2ccccc2)cc1. The van der Waals surface area contributed by atoms with Crippen LogP contribution in [-0.2, 0) is 17.6 Å². The molecule has 4 rings (SSSR count). The van der Waals surface area contributed by atoms with Gasteiger partial charge in [-0.1, -0.05) is 42.5 Å². The van der Waals surface area contributed by atoms with Crippen LogP contribution in [-0.4, -0.2) is 43.8 Å². The number of carbonyl (C=O) groups excluding carboxylic acids is 1. The van der Waals surface area contributed by atoms with E-state index in [1.165, 1.54) is 0 Å². The Bertz CT molecular complexity index is 1100. The first-order valence-corrected chi connectivity index (χ1v) is 10.9. The van der Waals surface area contributed by atoms with E-state index in [0.717, 1.165) is 28.0 Å².